The van der Waals surface area contributed by atoms with Crippen molar-refractivity contribution in [2.24, 2.45) is 0 Å². The third-order valence-corrected chi connectivity index (χ3v) is 3.73. The summed E-state index contributed by atoms with van der Waals surface area (Å²) in [7, 11) is 0. The molecule has 1 aliphatic rings. The Kier molecular flexibility index (Phi) is 3.19. The Hall–Kier alpha value is -1.55. The standard InChI is InChI=1S/C15H19FN2O/c1-10(2)13-9-19-15-12(13)7-11(16)8-14(15)18-5-3-17-4-6-18/h7-10,17H,3-6H2,1-2H3. The fraction of sp³-hybridized carbons (Fsp3) is 0.467. The van der Waals surface area contributed by atoms with Crippen LogP contribution in [0.15, 0.2) is 22.8 Å². The predicted octanol–water partition coefficient (Wildman–Crippen LogP) is 3.10. The van der Waals surface area contributed by atoms with E-state index in [1.807, 2.05) is 0 Å². The number of piperazine rings is 1. The van der Waals surface area contributed by atoms with Gasteiger partial charge in [-0.1, -0.05) is 13.8 Å². The summed E-state index contributed by atoms with van der Waals surface area (Å²) in [6, 6.07) is 3.17. The third kappa shape index (κ3) is 2.21. The second kappa shape index (κ2) is 4.85. The van der Waals surface area contributed by atoms with E-state index in [4.69, 9.17) is 4.42 Å². The minimum atomic E-state index is -0.190. The largest absolute Gasteiger partial charge is 0.462 e. The van der Waals surface area contributed by atoms with Crippen LogP contribution in [0.1, 0.15) is 25.3 Å². The van der Waals surface area contributed by atoms with Crippen LogP contribution in [0.5, 0.6) is 0 Å². The summed E-state index contributed by atoms with van der Waals surface area (Å²) < 4.78 is 19.6. The van der Waals surface area contributed by atoms with Crippen LogP contribution in [-0.4, -0.2) is 26.2 Å². The molecule has 3 rings (SSSR count). The number of anilines is 1. The summed E-state index contributed by atoms with van der Waals surface area (Å²) in [4.78, 5) is 2.19. The molecule has 0 spiro atoms. The Morgan fingerprint density at radius 1 is 1.26 bits per heavy atom. The van der Waals surface area contributed by atoms with Gasteiger partial charge in [-0.2, -0.15) is 0 Å². The summed E-state index contributed by atoms with van der Waals surface area (Å²) in [5, 5.41) is 4.21. The molecule has 4 heteroatoms. The van der Waals surface area contributed by atoms with Gasteiger partial charge in [-0.25, -0.2) is 4.39 Å². The molecule has 0 saturated carbocycles. The molecule has 102 valence electrons. The van der Waals surface area contributed by atoms with Gasteiger partial charge in [0.25, 0.3) is 0 Å². The summed E-state index contributed by atoms with van der Waals surface area (Å²) in [5.41, 5.74) is 2.77. The Balaban J connectivity index is 2.13. The molecule has 1 N–H and O–H groups in total. The fourth-order valence-corrected chi connectivity index (χ4v) is 2.69. The molecule has 2 heterocycles. The highest BCUT2D eigenvalue weighted by Gasteiger charge is 2.19. The average Bonchev–Trinajstić information content (AvgIpc) is 2.82. The molecule has 0 radical (unpaired) electrons. The normalized spacial score (nSPS) is 16.5. The van der Waals surface area contributed by atoms with Crippen LogP contribution in [0.2, 0.25) is 0 Å². The highest BCUT2D eigenvalue weighted by Crippen LogP contribution is 2.35. The number of fused-ring (bicyclic) bond motifs is 1. The van der Waals surface area contributed by atoms with Gasteiger partial charge >= 0.3 is 0 Å². The maximum atomic E-state index is 13.9. The fourth-order valence-electron chi connectivity index (χ4n) is 2.69. The van der Waals surface area contributed by atoms with Crippen molar-refractivity contribution in [2.75, 3.05) is 31.1 Å². The van der Waals surface area contributed by atoms with Crippen molar-refractivity contribution in [3.8, 4) is 0 Å². The summed E-state index contributed by atoms with van der Waals surface area (Å²) >= 11 is 0. The minimum Gasteiger partial charge on any atom is -0.462 e. The van der Waals surface area contributed by atoms with Crippen LogP contribution >= 0.6 is 0 Å². The molecule has 0 unspecified atom stereocenters. The molecule has 1 aromatic heterocycles. The number of hydrogen-bond donors (Lipinski definition) is 1. The van der Waals surface area contributed by atoms with Crippen LogP contribution in [0.3, 0.4) is 0 Å². The van der Waals surface area contributed by atoms with Gasteiger partial charge in [-0.3, -0.25) is 0 Å². The van der Waals surface area contributed by atoms with E-state index >= 15 is 0 Å². The third-order valence-electron chi connectivity index (χ3n) is 3.73. The highest BCUT2D eigenvalue weighted by atomic mass is 19.1. The van der Waals surface area contributed by atoms with Crippen molar-refractivity contribution >= 4 is 16.7 Å². The molecule has 19 heavy (non-hydrogen) atoms. The first-order valence-corrected chi connectivity index (χ1v) is 6.83. The van der Waals surface area contributed by atoms with E-state index in [-0.39, 0.29) is 5.82 Å². The SMILES string of the molecule is CC(C)c1coc2c(N3CCNCC3)cc(F)cc12. The molecule has 0 amide bonds. The Bertz CT molecular complexity index is 585. The predicted molar refractivity (Wildman–Crippen MR) is 75.3 cm³/mol. The maximum Gasteiger partial charge on any atom is 0.157 e. The summed E-state index contributed by atoms with van der Waals surface area (Å²) in [5.74, 6) is 0.142. The van der Waals surface area contributed by atoms with Crippen LogP contribution in [-0.2, 0) is 0 Å². The lowest BCUT2D eigenvalue weighted by Crippen LogP contribution is -2.43. The van der Waals surface area contributed by atoms with Gasteiger partial charge < -0.3 is 14.6 Å². The molecule has 1 aromatic carbocycles. The van der Waals surface area contributed by atoms with Crippen molar-refractivity contribution in [3.63, 3.8) is 0 Å². The van der Waals surface area contributed by atoms with Crippen molar-refractivity contribution < 1.29 is 8.81 Å². The van der Waals surface area contributed by atoms with Gasteiger partial charge in [0, 0.05) is 43.2 Å². The van der Waals surface area contributed by atoms with Gasteiger partial charge in [0.05, 0.1) is 12.0 Å². The highest BCUT2D eigenvalue weighted by molar-refractivity contribution is 5.92. The number of rotatable bonds is 2. The van der Waals surface area contributed by atoms with Crippen molar-refractivity contribution in [1.82, 2.24) is 5.32 Å². The van der Waals surface area contributed by atoms with Crippen molar-refractivity contribution in [1.29, 1.82) is 0 Å². The van der Waals surface area contributed by atoms with Gasteiger partial charge in [0.2, 0.25) is 0 Å². The summed E-state index contributed by atoms with van der Waals surface area (Å²) in [6.07, 6.45) is 1.76. The first kappa shape index (κ1) is 12.5. The van der Waals surface area contributed by atoms with Crippen LogP contribution in [0.4, 0.5) is 10.1 Å². The average molecular weight is 262 g/mol. The smallest absolute Gasteiger partial charge is 0.157 e. The zero-order valence-electron chi connectivity index (χ0n) is 11.4. The molecule has 3 nitrogen and oxygen atoms in total. The molecule has 2 aromatic rings. The Morgan fingerprint density at radius 3 is 2.68 bits per heavy atom. The Morgan fingerprint density at radius 2 is 2.00 bits per heavy atom. The van der Waals surface area contributed by atoms with Gasteiger partial charge in [-0.05, 0) is 12.0 Å². The molecule has 1 saturated heterocycles. The number of furan rings is 1. The lowest BCUT2D eigenvalue weighted by Gasteiger charge is -2.29. The molecule has 0 atom stereocenters. The summed E-state index contributed by atoms with van der Waals surface area (Å²) in [6.45, 7) is 7.82. The number of benzene rings is 1. The number of nitrogens with zero attached hydrogens (tertiary/aromatic N) is 1. The molecule has 0 aliphatic carbocycles. The number of halogens is 1. The molecule has 1 fully saturated rings. The second-order valence-corrected chi connectivity index (χ2v) is 5.38. The van der Waals surface area contributed by atoms with E-state index in [0.717, 1.165) is 48.4 Å². The lowest BCUT2D eigenvalue weighted by atomic mass is 10.0. The Labute approximate surface area is 112 Å². The zero-order chi connectivity index (χ0) is 13.4. The first-order chi connectivity index (χ1) is 9.16. The topological polar surface area (TPSA) is 28.4 Å². The van der Waals surface area contributed by atoms with E-state index in [2.05, 4.69) is 24.1 Å². The lowest BCUT2D eigenvalue weighted by molar-refractivity contribution is 0.573. The van der Waals surface area contributed by atoms with E-state index in [1.54, 1.807) is 18.4 Å². The maximum absolute atomic E-state index is 13.9. The van der Waals surface area contributed by atoms with Crippen LogP contribution in [0.25, 0.3) is 11.0 Å². The molecule has 0 bridgehead atoms. The van der Waals surface area contributed by atoms with E-state index in [9.17, 15) is 4.39 Å². The monoisotopic (exact) mass is 262 g/mol. The van der Waals surface area contributed by atoms with Crippen LogP contribution < -0.4 is 10.2 Å². The quantitative estimate of drug-likeness (QED) is 0.901. The number of nitrogens with one attached hydrogen (secondary N) is 1. The second-order valence-electron chi connectivity index (χ2n) is 5.38. The molecular formula is C15H19FN2O. The zero-order valence-corrected chi connectivity index (χ0v) is 11.4. The van der Waals surface area contributed by atoms with E-state index in [0.29, 0.717) is 5.92 Å². The van der Waals surface area contributed by atoms with Gasteiger partial charge in [-0.15, -0.1) is 0 Å². The van der Waals surface area contributed by atoms with Gasteiger partial charge in [0.15, 0.2) is 5.58 Å². The molecular weight excluding hydrogens is 243 g/mol. The van der Waals surface area contributed by atoms with Crippen molar-refractivity contribution in [2.45, 2.75) is 19.8 Å². The minimum absolute atomic E-state index is 0.190. The molecule has 1 aliphatic heterocycles. The van der Waals surface area contributed by atoms with E-state index < -0.39 is 0 Å². The van der Waals surface area contributed by atoms with E-state index in [1.165, 1.54) is 0 Å². The van der Waals surface area contributed by atoms with Crippen LogP contribution in [0, 0.1) is 5.82 Å². The van der Waals surface area contributed by atoms with Crippen molar-refractivity contribution in [3.05, 3.63) is 29.8 Å². The van der Waals surface area contributed by atoms with Gasteiger partial charge in [0.1, 0.15) is 5.82 Å². The number of hydrogen-bond acceptors (Lipinski definition) is 3. The first-order valence-electron chi connectivity index (χ1n) is 6.83.